The Hall–Kier alpha value is -2.99. The van der Waals surface area contributed by atoms with E-state index in [9.17, 15) is 18.4 Å². The molecule has 200 valence electrons. The van der Waals surface area contributed by atoms with E-state index >= 15 is 0 Å². The maximum absolute atomic E-state index is 12.4. The van der Waals surface area contributed by atoms with Gasteiger partial charge in [-0.1, -0.05) is 18.2 Å². The molecule has 1 saturated heterocycles. The summed E-state index contributed by atoms with van der Waals surface area (Å²) >= 11 is 0. The van der Waals surface area contributed by atoms with Crippen molar-refractivity contribution in [1.29, 1.82) is 0 Å². The predicted molar refractivity (Wildman–Crippen MR) is 140 cm³/mol. The molecule has 0 unspecified atom stereocenters. The van der Waals surface area contributed by atoms with Crippen LogP contribution in [0.4, 0.5) is 0 Å². The van der Waals surface area contributed by atoms with Crippen LogP contribution in [0.5, 0.6) is 5.75 Å². The second kappa shape index (κ2) is 11.6. The van der Waals surface area contributed by atoms with Crippen molar-refractivity contribution >= 4 is 27.2 Å². The minimum Gasteiger partial charge on any atom is -0.492 e. The van der Waals surface area contributed by atoms with Gasteiger partial charge in [-0.3, -0.25) is 19.6 Å². The van der Waals surface area contributed by atoms with Crippen LogP contribution in [0.2, 0.25) is 0 Å². The maximum Gasteiger partial charge on any atom is 0.233 e. The van der Waals surface area contributed by atoms with E-state index in [0.717, 1.165) is 66.9 Å². The first-order valence-corrected chi connectivity index (χ1v) is 14.2. The first kappa shape index (κ1) is 27.1. The molecule has 1 aliphatic rings. The molecule has 4 rings (SSSR count). The standard InChI is InChI=1S/C26H34N4O6S/c1-26(37(2,33)34,19-30(32)20-31)9-10-29-18-23-17-22(5-8-25(23)27-29)21-3-6-24(7-4-21)36-16-13-28-11-14-35-15-12-28/h3-8,17-18,20,32H,9-16,19H2,1-2H3/t26-/m0/s1. The smallest absolute Gasteiger partial charge is 0.233 e. The van der Waals surface area contributed by atoms with Crippen molar-refractivity contribution in [2.75, 3.05) is 52.3 Å². The molecular formula is C26H34N4O6S. The molecule has 10 nitrogen and oxygen atoms in total. The van der Waals surface area contributed by atoms with Gasteiger partial charge in [-0.2, -0.15) is 5.10 Å². The number of rotatable bonds is 12. The fraction of sp³-hybridized carbons (Fsp3) is 0.462. The van der Waals surface area contributed by atoms with Gasteiger partial charge in [0.25, 0.3) is 0 Å². The summed E-state index contributed by atoms with van der Waals surface area (Å²) in [4.78, 5) is 13.2. The van der Waals surface area contributed by atoms with Crippen LogP contribution in [0, 0.1) is 0 Å². The molecule has 37 heavy (non-hydrogen) atoms. The van der Waals surface area contributed by atoms with E-state index in [1.165, 1.54) is 6.92 Å². The SMILES string of the molecule is C[C@](CCn1cc2cc(-c3ccc(OCCN4CCOCC4)cc3)ccc2n1)(CN(O)C=O)S(C)(=O)=O. The number of fused-ring (bicyclic) bond motifs is 1. The monoisotopic (exact) mass is 530 g/mol. The second-order valence-electron chi connectivity index (χ2n) is 9.67. The molecule has 1 aliphatic heterocycles. The van der Waals surface area contributed by atoms with Gasteiger partial charge in [0.15, 0.2) is 9.84 Å². The van der Waals surface area contributed by atoms with Crippen molar-refractivity contribution in [1.82, 2.24) is 19.7 Å². The number of aromatic nitrogens is 2. The number of nitrogens with zero attached hydrogens (tertiary/aromatic N) is 4. The number of carbonyl (C=O) groups excluding carboxylic acids is 1. The van der Waals surface area contributed by atoms with Crippen molar-refractivity contribution in [2.24, 2.45) is 0 Å². The number of ether oxygens (including phenoxy) is 2. The van der Waals surface area contributed by atoms with Gasteiger partial charge in [0.05, 0.1) is 30.0 Å². The van der Waals surface area contributed by atoms with Crippen LogP contribution in [0.25, 0.3) is 22.0 Å². The largest absolute Gasteiger partial charge is 0.492 e. The first-order valence-electron chi connectivity index (χ1n) is 12.3. The number of aryl methyl sites for hydroxylation is 1. The molecule has 0 saturated carbocycles. The molecule has 2 heterocycles. The minimum atomic E-state index is -3.55. The fourth-order valence-electron chi connectivity index (χ4n) is 4.34. The summed E-state index contributed by atoms with van der Waals surface area (Å²) in [6, 6.07) is 14.0. The average molecular weight is 531 g/mol. The molecule has 1 aromatic heterocycles. The molecule has 1 N–H and O–H groups in total. The Labute approximate surface area is 217 Å². The lowest BCUT2D eigenvalue weighted by Gasteiger charge is -2.29. The van der Waals surface area contributed by atoms with E-state index in [1.807, 2.05) is 48.7 Å². The Morgan fingerprint density at radius 3 is 2.51 bits per heavy atom. The van der Waals surface area contributed by atoms with Gasteiger partial charge in [-0.05, 0) is 48.7 Å². The fourth-order valence-corrected chi connectivity index (χ4v) is 5.17. The Morgan fingerprint density at radius 2 is 1.84 bits per heavy atom. The highest BCUT2D eigenvalue weighted by atomic mass is 32.2. The molecule has 3 aromatic rings. The molecule has 1 amide bonds. The van der Waals surface area contributed by atoms with Crippen molar-refractivity contribution < 1.29 is 27.9 Å². The highest BCUT2D eigenvalue weighted by Crippen LogP contribution is 2.27. The van der Waals surface area contributed by atoms with Crippen molar-refractivity contribution in [3.05, 3.63) is 48.7 Å². The van der Waals surface area contributed by atoms with Crippen LogP contribution >= 0.6 is 0 Å². The van der Waals surface area contributed by atoms with E-state index in [4.69, 9.17) is 9.47 Å². The van der Waals surface area contributed by atoms with E-state index in [-0.39, 0.29) is 19.4 Å². The third-order valence-electron chi connectivity index (χ3n) is 6.90. The molecule has 1 atom stereocenters. The number of hydroxylamine groups is 2. The van der Waals surface area contributed by atoms with E-state index < -0.39 is 14.6 Å². The molecule has 0 bridgehead atoms. The van der Waals surface area contributed by atoms with E-state index in [1.54, 1.807) is 4.68 Å². The predicted octanol–water partition coefficient (Wildman–Crippen LogP) is 2.46. The van der Waals surface area contributed by atoms with Gasteiger partial charge >= 0.3 is 0 Å². The molecule has 2 aromatic carbocycles. The van der Waals surface area contributed by atoms with Crippen LogP contribution in [-0.4, -0.2) is 96.8 Å². The summed E-state index contributed by atoms with van der Waals surface area (Å²) in [6.45, 7) is 6.48. The van der Waals surface area contributed by atoms with Gasteiger partial charge in [-0.25, -0.2) is 13.5 Å². The zero-order valence-corrected chi connectivity index (χ0v) is 22.1. The lowest BCUT2D eigenvalue weighted by molar-refractivity contribution is -0.151. The van der Waals surface area contributed by atoms with Gasteiger partial charge in [-0.15, -0.1) is 0 Å². The maximum atomic E-state index is 12.4. The first-order chi connectivity index (χ1) is 17.7. The van der Waals surface area contributed by atoms with Crippen LogP contribution in [0.1, 0.15) is 13.3 Å². The van der Waals surface area contributed by atoms with Crippen LogP contribution < -0.4 is 4.74 Å². The second-order valence-corrected chi connectivity index (χ2v) is 12.2. The van der Waals surface area contributed by atoms with Crippen LogP contribution in [0.3, 0.4) is 0 Å². The van der Waals surface area contributed by atoms with Gasteiger partial charge < -0.3 is 9.47 Å². The summed E-state index contributed by atoms with van der Waals surface area (Å²) in [5.41, 5.74) is 2.89. The Balaban J connectivity index is 1.39. The summed E-state index contributed by atoms with van der Waals surface area (Å²) in [5, 5.41) is 15.4. The van der Waals surface area contributed by atoms with Crippen molar-refractivity contribution in [3.63, 3.8) is 0 Å². The molecule has 1 fully saturated rings. The lowest BCUT2D eigenvalue weighted by Crippen LogP contribution is -2.45. The summed E-state index contributed by atoms with van der Waals surface area (Å²) < 4.78 is 36.4. The number of carbonyl (C=O) groups is 1. The number of hydrogen-bond acceptors (Lipinski definition) is 8. The van der Waals surface area contributed by atoms with Gasteiger partial charge in [0.1, 0.15) is 12.4 Å². The quantitative estimate of drug-likeness (QED) is 0.216. The summed E-state index contributed by atoms with van der Waals surface area (Å²) in [6.07, 6.45) is 3.38. The summed E-state index contributed by atoms with van der Waals surface area (Å²) in [7, 11) is -3.55. The third kappa shape index (κ3) is 6.86. The average Bonchev–Trinajstić information content (AvgIpc) is 3.30. The van der Waals surface area contributed by atoms with Crippen molar-refractivity contribution in [3.8, 4) is 16.9 Å². The molecule has 0 spiro atoms. The zero-order chi connectivity index (χ0) is 26.5. The number of amides is 1. The number of benzene rings is 2. The van der Waals surface area contributed by atoms with E-state index in [2.05, 4.69) is 10.00 Å². The van der Waals surface area contributed by atoms with Crippen LogP contribution in [0.15, 0.2) is 48.7 Å². The topological polar surface area (TPSA) is 114 Å². The van der Waals surface area contributed by atoms with Crippen molar-refractivity contribution in [2.45, 2.75) is 24.6 Å². The third-order valence-corrected chi connectivity index (χ3v) is 9.03. The highest BCUT2D eigenvalue weighted by molar-refractivity contribution is 7.92. The van der Waals surface area contributed by atoms with Gasteiger partial charge in [0, 0.05) is 44.0 Å². The Bertz CT molecular complexity index is 1300. The number of sulfone groups is 1. The van der Waals surface area contributed by atoms with E-state index in [0.29, 0.717) is 18.2 Å². The minimum absolute atomic E-state index is 0.185. The normalized spacial score (nSPS) is 16.4. The van der Waals surface area contributed by atoms with Crippen LogP contribution in [-0.2, 0) is 25.9 Å². The summed E-state index contributed by atoms with van der Waals surface area (Å²) in [5.74, 6) is 0.829. The molecule has 11 heteroatoms. The highest BCUT2D eigenvalue weighted by Gasteiger charge is 2.37. The molecule has 0 radical (unpaired) electrons. The Morgan fingerprint density at radius 1 is 1.14 bits per heavy atom. The van der Waals surface area contributed by atoms with Gasteiger partial charge in [0.2, 0.25) is 6.41 Å². The molecular weight excluding hydrogens is 496 g/mol. The lowest BCUT2D eigenvalue weighted by atomic mass is 10.0. The number of morpholine rings is 1. The zero-order valence-electron chi connectivity index (χ0n) is 21.2. The Kier molecular flexibility index (Phi) is 8.48. The molecule has 0 aliphatic carbocycles. The number of hydrogen-bond donors (Lipinski definition) is 1.